The lowest BCUT2D eigenvalue weighted by Gasteiger charge is -2.04. The average Bonchev–Trinajstić information content (AvgIpc) is 2.81. The molecule has 5 heteroatoms. The second kappa shape index (κ2) is 5.22. The van der Waals surface area contributed by atoms with Crippen LogP contribution in [0.5, 0.6) is 5.75 Å². The van der Waals surface area contributed by atoms with Crippen LogP contribution >= 0.6 is 11.6 Å². The van der Waals surface area contributed by atoms with E-state index in [1.165, 1.54) is 0 Å². The smallest absolute Gasteiger partial charge is 0.275 e. The van der Waals surface area contributed by atoms with Gasteiger partial charge in [-0.3, -0.25) is 4.79 Å². The molecular weight excluding hydrogens is 288 g/mol. The molecule has 0 radical (unpaired) electrons. The Morgan fingerprint density at radius 2 is 1.86 bits per heavy atom. The number of aliphatic imine (C=N–C) groups is 1. The molecule has 1 N–H and O–H groups in total. The zero-order valence-corrected chi connectivity index (χ0v) is 12.4. The van der Waals surface area contributed by atoms with Crippen LogP contribution in [0.25, 0.3) is 0 Å². The van der Waals surface area contributed by atoms with Gasteiger partial charge in [0.05, 0.1) is 18.5 Å². The third-order valence-electron chi connectivity index (χ3n) is 3.42. The van der Waals surface area contributed by atoms with Crippen molar-refractivity contribution < 1.29 is 9.53 Å². The van der Waals surface area contributed by atoms with Crippen LogP contribution < -0.4 is 10.1 Å². The van der Waals surface area contributed by atoms with E-state index in [0.717, 1.165) is 22.6 Å². The number of nitrogens with one attached hydrogen (secondary N) is 1. The van der Waals surface area contributed by atoms with E-state index >= 15 is 0 Å². The number of carbonyl (C=O) groups is 1. The Balaban J connectivity index is 2.05. The zero-order chi connectivity index (χ0) is 15.0. The maximum Gasteiger partial charge on any atom is 0.275 e. The number of rotatable bonds is 2. The summed E-state index contributed by atoms with van der Waals surface area (Å²) in [5, 5.41) is 3.45. The van der Waals surface area contributed by atoms with Gasteiger partial charge in [-0.25, -0.2) is 4.99 Å². The summed E-state index contributed by atoms with van der Waals surface area (Å²) >= 11 is 6.08. The zero-order valence-electron chi connectivity index (χ0n) is 11.6. The second-order valence-corrected chi connectivity index (χ2v) is 5.11. The molecule has 2 aromatic carbocycles. The van der Waals surface area contributed by atoms with Gasteiger partial charge in [0.25, 0.3) is 5.91 Å². The molecule has 0 aliphatic carbocycles. The maximum absolute atomic E-state index is 12.1. The predicted molar refractivity (Wildman–Crippen MR) is 84.0 cm³/mol. The summed E-state index contributed by atoms with van der Waals surface area (Å²) in [6.45, 7) is 1.87. The molecule has 2 aromatic rings. The van der Waals surface area contributed by atoms with Gasteiger partial charge < -0.3 is 10.1 Å². The topological polar surface area (TPSA) is 50.7 Å². The lowest BCUT2D eigenvalue weighted by molar-refractivity contribution is -0.110. The van der Waals surface area contributed by atoms with Crippen molar-refractivity contribution >= 4 is 34.6 Å². The lowest BCUT2D eigenvalue weighted by atomic mass is 10.1. The molecule has 0 aromatic heterocycles. The first kappa shape index (κ1) is 13.6. The van der Waals surface area contributed by atoms with Crippen LogP contribution in [0, 0.1) is 6.92 Å². The fourth-order valence-electron chi connectivity index (χ4n) is 2.24. The van der Waals surface area contributed by atoms with Crippen LogP contribution in [0.3, 0.4) is 0 Å². The van der Waals surface area contributed by atoms with Crippen molar-refractivity contribution in [3.8, 4) is 5.75 Å². The van der Waals surface area contributed by atoms with Crippen molar-refractivity contribution in [2.45, 2.75) is 6.92 Å². The molecule has 0 saturated heterocycles. The summed E-state index contributed by atoms with van der Waals surface area (Å²) < 4.78 is 5.10. The molecule has 4 nitrogen and oxygen atoms in total. The van der Waals surface area contributed by atoms with Gasteiger partial charge >= 0.3 is 0 Å². The SMILES string of the molecule is COc1ccc(N=C2C(=O)Nc3c2ccc(Cl)c3C)cc1. The number of amides is 1. The molecule has 0 spiro atoms. The molecule has 1 heterocycles. The third-order valence-corrected chi connectivity index (χ3v) is 3.83. The molecule has 0 atom stereocenters. The monoisotopic (exact) mass is 300 g/mol. The summed E-state index contributed by atoms with van der Waals surface area (Å²) in [6, 6.07) is 10.8. The number of halogens is 1. The van der Waals surface area contributed by atoms with Gasteiger partial charge in [0.1, 0.15) is 11.5 Å². The molecule has 3 rings (SSSR count). The number of hydrogen-bond acceptors (Lipinski definition) is 3. The van der Waals surface area contributed by atoms with Gasteiger partial charge in [-0.1, -0.05) is 11.6 Å². The van der Waals surface area contributed by atoms with Crippen molar-refractivity contribution in [3.05, 3.63) is 52.5 Å². The summed E-state index contributed by atoms with van der Waals surface area (Å²) in [7, 11) is 1.61. The van der Waals surface area contributed by atoms with Crippen LogP contribution in [0.1, 0.15) is 11.1 Å². The van der Waals surface area contributed by atoms with Crippen molar-refractivity contribution in [1.29, 1.82) is 0 Å². The fourth-order valence-corrected chi connectivity index (χ4v) is 2.39. The quantitative estimate of drug-likeness (QED) is 0.918. The second-order valence-electron chi connectivity index (χ2n) is 4.71. The average molecular weight is 301 g/mol. The molecule has 0 fully saturated rings. The van der Waals surface area contributed by atoms with Gasteiger partial charge in [0.15, 0.2) is 0 Å². The number of hydrogen-bond donors (Lipinski definition) is 1. The van der Waals surface area contributed by atoms with E-state index in [2.05, 4.69) is 10.3 Å². The Morgan fingerprint density at radius 1 is 1.14 bits per heavy atom. The Bertz CT molecular complexity index is 752. The maximum atomic E-state index is 12.1. The number of benzene rings is 2. The van der Waals surface area contributed by atoms with Crippen LogP contribution in [0.4, 0.5) is 11.4 Å². The minimum Gasteiger partial charge on any atom is -0.497 e. The van der Waals surface area contributed by atoms with Gasteiger partial charge in [0.2, 0.25) is 0 Å². The number of methoxy groups -OCH3 is 1. The standard InChI is InChI=1S/C16H13ClN2O2/c1-9-13(17)8-7-12-14(9)19-16(20)15(12)18-10-3-5-11(21-2)6-4-10/h3-8H,1-2H3,(H,18,19,20). The molecule has 1 amide bonds. The summed E-state index contributed by atoms with van der Waals surface area (Å²) in [5.74, 6) is 0.532. The van der Waals surface area contributed by atoms with Gasteiger partial charge in [-0.2, -0.15) is 0 Å². The number of nitrogens with zero attached hydrogens (tertiary/aromatic N) is 1. The molecule has 0 unspecified atom stereocenters. The molecule has 21 heavy (non-hydrogen) atoms. The Hall–Kier alpha value is -2.33. The normalized spacial score (nSPS) is 15.0. The van der Waals surface area contributed by atoms with E-state index in [9.17, 15) is 4.79 Å². The molecule has 106 valence electrons. The fraction of sp³-hybridized carbons (Fsp3) is 0.125. The predicted octanol–water partition coefficient (Wildman–Crippen LogP) is 3.73. The van der Waals surface area contributed by atoms with Crippen molar-refractivity contribution in [1.82, 2.24) is 0 Å². The number of fused-ring (bicyclic) bond motifs is 1. The van der Waals surface area contributed by atoms with Crippen LogP contribution in [-0.4, -0.2) is 18.7 Å². The summed E-state index contributed by atoms with van der Waals surface area (Å²) in [4.78, 5) is 16.5. The Morgan fingerprint density at radius 3 is 2.52 bits per heavy atom. The van der Waals surface area contributed by atoms with Crippen molar-refractivity contribution in [2.24, 2.45) is 4.99 Å². The molecule has 1 aliphatic rings. The lowest BCUT2D eigenvalue weighted by Crippen LogP contribution is -2.13. The van der Waals surface area contributed by atoms with Crippen molar-refractivity contribution in [3.63, 3.8) is 0 Å². The molecular formula is C16H13ClN2O2. The van der Waals surface area contributed by atoms with E-state index in [-0.39, 0.29) is 5.91 Å². The highest BCUT2D eigenvalue weighted by atomic mass is 35.5. The number of carbonyl (C=O) groups excluding carboxylic acids is 1. The van der Waals surface area contributed by atoms with Crippen LogP contribution in [0.15, 0.2) is 41.4 Å². The highest BCUT2D eigenvalue weighted by Crippen LogP contribution is 2.33. The number of ether oxygens (including phenoxy) is 1. The minimum absolute atomic E-state index is 0.216. The van der Waals surface area contributed by atoms with E-state index in [4.69, 9.17) is 16.3 Å². The highest BCUT2D eigenvalue weighted by molar-refractivity contribution is 6.54. The largest absolute Gasteiger partial charge is 0.497 e. The summed E-state index contributed by atoms with van der Waals surface area (Å²) in [6.07, 6.45) is 0. The third kappa shape index (κ3) is 2.38. The van der Waals surface area contributed by atoms with Crippen molar-refractivity contribution in [2.75, 3.05) is 12.4 Å². The van der Waals surface area contributed by atoms with Crippen LogP contribution in [0.2, 0.25) is 5.02 Å². The number of anilines is 1. The van der Waals surface area contributed by atoms with E-state index in [1.54, 1.807) is 37.4 Å². The Kier molecular flexibility index (Phi) is 3.39. The molecule has 0 bridgehead atoms. The summed E-state index contributed by atoms with van der Waals surface area (Å²) in [5.41, 5.74) is 3.45. The Labute approximate surface area is 127 Å². The minimum atomic E-state index is -0.216. The first-order chi connectivity index (χ1) is 10.1. The van der Waals surface area contributed by atoms with E-state index < -0.39 is 0 Å². The first-order valence-corrected chi connectivity index (χ1v) is 6.81. The van der Waals surface area contributed by atoms with Crippen LogP contribution in [-0.2, 0) is 4.79 Å². The highest BCUT2D eigenvalue weighted by Gasteiger charge is 2.28. The first-order valence-electron chi connectivity index (χ1n) is 6.43. The molecule has 0 saturated carbocycles. The van der Waals surface area contributed by atoms with E-state index in [1.807, 2.05) is 13.0 Å². The van der Waals surface area contributed by atoms with Gasteiger partial charge in [-0.15, -0.1) is 0 Å². The van der Waals surface area contributed by atoms with E-state index in [0.29, 0.717) is 16.4 Å². The molecule has 1 aliphatic heterocycles. The van der Waals surface area contributed by atoms with Gasteiger partial charge in [-0.05, 0) is 48.9 Å². The van der Waals surface area contributed by atoms with Gasteiger partial charge in [0, 0.05) is 10.6 Å².